The van der Waals surface area contributed by atoms with Gasteiger partial charge < -0.3 is 10.1 Å². The highest BCUT2D eigenvalue weighted by Crippen LogP contribution is 2.35. The molecule has 0 aliphatic heterocycles. The lowest BCUT2D eigenvalue weighted by atomic mass is 9.80. The number of methoxy groups -OCH3 is 1. The van der Waals surface area contributed by atoms with Crippen LogP contribution in [0.2, 0.25) is 0 Å². The molecule has 1 aromatic rings. The molecule has 5 heteroatoms. The molecule has 106 valence electrons. The van der Waals surface area contributed by atoms with Gasteiger partial charge in [-0.15, -0.1) is 0 Å². The number of benzene rings is 1. The molecule has 0 unspecified atom stereocenters. The predicted molar refractivity (Wildman–Crippen MR) is 76.2 cm³/mol. The van der Waals surface area contributed by atoms with Gasteiger partial charge in [-0.1, -0.05) is 6.92 Å². The van der Waals surface area contributed by atoms with Gasteiger partial charge in [0, 0.05) is 19.3 Å². The summed E-state index contributed by atoms with van der Waals surface area (Å²) in [4.78, 5) is 0.380. The number of ether oxygens (including phenoxy) is 1. The van der Waals surface area contributed by atoms with Crippen LogP contribution in [0.25, 0.3) is 0 Å². The quantitative estimate of drug-likeness (QED) is 0.871. The van der Waals surface area contributed by atoms with Crippen molar-refractivity contribution in [1.82, 2.24) is 0 Å². The van der Waals surface area contributed by atoms with Gasteiger partial charge in [-0.2, -0.15) is 0 Å². The third kappa shape index (κ3) is 3.09. The maximum Gasteiger partial charge on any atom is 0.178 e. The average molecular weight is 283 g/mol. The van der Waals surface area contributed by atoms with Gasteiger partial charge in [0.2, 0.25) is 0 Å². The van der Waals surface area contributed by atoms with E-state index in [-0.39, 0.29) is 11.4 Å². The Morgan fingerprint density at radius 3 is 2.32 bits per heavy atom. The lowest BCUT2D eigenvalue weighted by molar-refractivity contribution is -0.0601. The molecule has 19 heavy (non-hydrogen) atoms. The lowest BCUT2D eigenvalue weighted by Crippen LogP contribution is -2.45. The molecule has 0 spiro atoms. The maximum absolute atomic E-state index is 11.7. The Labute approximate surface area is 115 Å². The van der Waals surface area contributed by atoms with Gasteiger partial charge in [0.15, 0.2) is 9.84 Å². The normalized spacial score (nSPS) is 17.8. The number of hydrogen-bond acceptors (Lipinski definition) is 4. The summed E-state index contributed by atoms with van der Waals surface area (Å²) in [6, 6.07) is 6.93. The Morgan fingerprint density at radius 1 is 1.26 bits per heavy atom. The van der Waals surface area contributed by atoms with E-state index in [9.17, 15) is 8.42 Å². The predicted octanol–water partition coefficient (Wildman–Crippen LogP) is 2.46. The number of hydrogen-bond donors (Lipinski definition) is 1. The van der Waals surface area contributed by atoms with Crippen molar-refractivity contribution >= 4 is 15.5 Å². The van der Waals surface area contributed by atoms with Crippen molar-refractivity contribution in [2.75, 3.05) is 24.7 Å². The van der Waals surface area contributed by atoms with Gasteiger partial charge >= 0.3 is 0 Å². The van der Waals surface area contributed by atoms with Crippen LogP contribution in [-0.4, -0.2) is 33.4 Å². The van der Waals surface area contributed by atoms with E-state index < -0.39 is 9.84 Å². The second-order valence-corrected chi connectivity index (χ2v) is 7.30. The first-order valence-corrected chi connectivity index (χ1v) is 8.28. The van der Waals surface area contributed by atoms with E-state index >= 15 is 0 Å². The summed E-state index contributed by atoms with van der Waals surface area (Å²) in [7, 11) is -1.36. The second-order valence-electron chi connectivity index (χ2n) is 5.02. The first-order chi connectivity index (χ1) is 9.01. The van der Waals surface area contributed by atoms with Crippen molar-refractivity contribution in [2.45, 2.75) is 36.7 Å². The Hall–Kier alpha value is -1.07. The first-order valence-electron chi connectivity index (χ1n) is 6.63. The molecule has 1 fully saturated rings. The van der Waals surface area contributed by atoms with Crippen molar-refractivity contribution in [1.29, 1.82) is 0 Å². The van der Waals surface area contributed by atoms with Crippen LogP contribution in [-0.2, 0) is 14.6 Å². The van der Waals surface area contributed by atoms with Gasteiger partial charge in [-0.25, -0.2) is 8.42 Å². The molecule has 0 radical (unpaired) electrons. The highest BCUT2D eigenvalue weighted by atomic mass is 32.2. The van der Waals surface area contributed by atoms with E-state index in [2.05, 4.69) is 5.32 Å². The fourth-order valence-electron chi connectivity index (χ4n) is 2.23. The largest absolute Gasteiger partial charge is 0.382 e. The van der Waals surface area contributed by atoms with Crippen LogP contribution in [0.1, 0.15) is 26.2 Å². The first kappa shape index (κ1) is 14.3. The molecule has 1 N–H and O–H groups in total. The number of nitrogens with one attached hydrogen (secondary N) is 1. The minimum atomic E-state index is -3.11. The molecule has 1 aromatic carbocycles. The standard InChI is InChI=1S/C14H21NO3S/c1-3-19(16,17)13-7-5-12(6-8-13)15-11-14(18-2)9-4-10-14/h5-8,15H,3-4,9-11H2,1-2H3. The summed E-state index contributed by atoms with van der Waals surface area (Å²) in [5, 5.41) is 3.32. The van der Waals surface area contributed by atoms with Gasteiger partial charge in [0.05, 0.1) is 16.2 Å². The van der Waals surface area contributed by atoms with Crippen LogP contribution >= 0.6 is 0 Å². The molecule has 4 nitrogen and oxygen atoms in total. The molecule has 0 aromatic heterocycles. The van der Waals surface area contributed by atoms with E-state index in [1.807, 2.05) is 12.1 Å². The van der Waals surface area contributed by atoms with Crippen LogP contribution < -0.4 is 5.32 Å². The van der Waals surface area contributed by atoms with Gasteiger partial charge in [0.1, 0.15) is 0 Å². The molecular weight excluding hydrogens is 262 g/mol. The molecule has 1 aliphatic carbocycles. The SMILES string of the molecule is CCS(=O)(=O)c1ccc(NCC2(OC)CCC2)cc1. The van der Waals surface area contributed by atoms with E-state index in [1.54, 1.807) is 26.2 Å². The molecule has 1 saturated carbocycles. The zero-order valence-corrected chi connectivity index (χ0v) is 12.3. The van der Waals surface area contributed by atoms with Crippen molar-refractivity contribution in [3.63, 3.8) is 0 Å². The van der Waals surface area contributed by atoms with Crippen LogP contribution in [0, 0.1) is 0 Å². The van der Waals surface area contributed by atoms with Gasteiger partial charge in [-0.05, 0) is 43.5 Å². The summed E-state index contributed by atoms with van der Waals surface area (Å²) >= 11 is 0. The molecule has 0 saturated heterocycles. The highest BCUT2D eigenvalue weighted by Gasteiger charge is 2.36. The van der Waals surface area contributed by atoms with Crippen molar-refractivity contribution in [2.24, 2.45) is 0 Å². The molecule has 0 amide bonds. The van der Waals surface area contributed by atoms with Crippen LogP contribution in [0.3, 0.4) is 0 Å². The summed E-state index contributed by atoms with van der Waals surface area (Å²) in [5.74, 6) is 0.132. The highest BCUT2D eigenvalue weighted by molar-refractivity contribution is 7.91. The lowest BCUT2D eigenvalue weighted by Gasteiger charge is -2.40. The second kappa shape index (κ2) is 5.51. The molecule has 1 aliphatic rings. The number of anilines is 1. The van der Waals surface area contributed by atoms with E-state index in [4.69, 9.17) is 4.74 Å². The maximum atomic E-state index is 11.7. The molecule has 0 bridgehead atoms. The number of rotatable bonds is 6. The van der Waals surface area contributed by atoms with Crippen molar-refractivity contribution in [3.05, 3.63) is 24.3 Å². The van der Waals surface area contributed by atoms with E-state index in [0.29, 0.717) is 4.90 Å². The molecule has 0 atom stereocenters. The van der Waals surface area contributed by atoms with Crippen LogP contribution in [0.15, 0.2) is 29.2 Å². The van der Waals surface area contributed by atoms with Crippen LogP contribution in [0.4, 0.5) is 5.69 Å². The Balaban J connectivity index is 1.99. The zero-order chi connectivity index (χ0) is 13.9. The molecular formula is C14H21NO3S. The van der Waals surface area contributed by atoms with Crippen molar-refractivity contribution in [3.8, 4) is 0 Å². The smallest absolute Gasteiger partial charge is 0.178 e. The summed E-state index contributed by atoms with van der Waals surface area (Å²) < 4.78 is 28.9. The van der Waals surface area contributed by atoms with E-state index in [0.717, 1.165) is 25.1 Å². The van der Waals surface area contributed by atoms with Crippen LogP contribution in [0.5, 0.6) is 0 Å². The van der Waals surface area contributed by atoms with Gasteiger partial charge in [-0.3, -0.25) is 0 Å². The minimum Gasteiger partial charge on any atom is -0.382 e. The third-order valence-corrected chi connectivity index (χ3v) is 5.66. The molecule has 0 heterocycles. The summed E-state index contributed by atoms with van der Waals surface area (Å²) in [6.07, 6.45) is 3.38. The third-order valence-electron chi connectivity index (χ3n) is 3.91. The average Bonchev–Trinajstić information content (AvgIpc) is 2.38. The van der Waals surface area contributed by atoms with Crippen molar-refractivity contribution < 1.29 is 13.2 Å². The monoisotopic (exact) mass is 283 g/mol. The zero-order valence-electron chi connectivity index (χ0n) is 11.5. The minimum absolute atomic E-state index is 0.0336. The Kier molecular flexibility index (Phi) is 4.16. The Bertz CT molecular complexity index is 513. The fraction of sp³-hybridized carbons (Fsp3) is 0.571. The fourth-order valence-corrected chi connectivity index (χ4v) is 3.12. The Morgan fingerprint density at radius 2 is 1.89 bits per heavy atom. The van der Waals surface area contributed by atoms with Gasteiger partial charge in [0.25, 0.3) is 0 Å². The van der Waals surface area contributed by atoms with E-state index in [1.165, 1.54) is 6.42 Å². The summed E-state index contributed by atoms with van der Waals surface area (Å²) in [5.41, 5.74) is 0.895. The topological polar surface area (TPSA) is 55.4 Å². The molecule has 2 rings (SSSR count). The summed E-state index contributed by atoms with van der Waals surface area (Å²) in [6.45, 7) is 2.42. The number of sulfone groups is 1.